The lowest BCUT2D eigenvalue weighted by molar-refractivity contribution is 0.0203. The topological polar surface area (TPSA) is 133 Å². The molecule has 0 saturated carbocycles. The second kappa shape index (κ2) is 16.8. The maximum atomic E-state index is 13.5. The van der Waals surface area contributed by atoms with E-state index >= 15 is 0 Å². The number of hydrogen-bond acceptors (Lipinski definition) is 10. The highest BCUT2D eigenvalue weighted by atomic mass is 16.7. The van der Waals surface area contributed by atoms with E-state index in [1.807, 2.05) is 73.6 Å². The Hall–Kier alpha value is -5.25. The Morgan fingerprint density at radius 1 is 0.458 bits per heavy atom. The summed E-state index contributed by atoms with van der Waals surface area (Å²) in [7, 11) is 6.27. The van der Waals surface area contributed by atoms with Crippen LogP contribution in [0, 0.1) is 0 Å². The summed E-state index contributed by atoms with van der Waals surface area (Å²) in [5, 5.41) is 35.6. The van der Waals surface area contributed by atoms with E-state index in [1.165, 1.54) is 0 Å². The lowest BCUT2D eigenvalue weighted by atomic mass is 9.71. The first-order valence-corrected chi connectivity index (χ1v) is 20.0. The van der Waals surface area contributed by atoms with Crippen molar-refractivity contribution in [3.8, 4) is 68.2 Å². The van der Waals surface area contributed by atoms with Crippen LogP contribution >= 0.6 is 0 Å². The van der Waals surface area contributed by atoms with E-state index in [0.29, 0.717) is 80.3 Å². The molecule has 4 aromatic rings. The molecule has 0 radical (unpaired) electrons. The molecule has 0 atom stereocenters. The molecule has 0 fully saturated rings. The number of phenols is 3. The molecule has 4 rings (SSSR count). The molecule has 10 heteroatoms. The summed E-state index contributed by atoms with van der Waals surface area (Å²) in [5.74, 6) is 2.36. The van der Waals surface area contributed by atoms with Crippen molar-refractivity contribution in [3.05, 3.63) is 70.8 Å². The molecule has 322 valence electrons. The Morgan fingerprint density at radius 2 is 0.763 bits per heavy atom. The van der Waals surface area contributed by atoms with Gasteiger partial charge in [-0.05, 0) is 104 Å². The highest BCUT2D eigenvalue weighted by Crippen LogP contribution is 2.52. The van der Waals surface area contributed by atoms with Crippen LogP contribution in [0.1, 0.15) is 125 Å². The molecule has 0 aromatic heterocycles. The van der Waals surface area contributed by atoms with Gasteiger partial charge >= 0.3 is 6.16 Å². The molecule has 3 N–H and O–H groups in total. The van der Waals surface area contributed by atoms with Crippen LogP contribution < -0.4 is 23.7 Å². The van der Waals surface area contributed by atoms with Crippen LogP contribution in [0.15, 0.2) is 48.5 Å². The van der Waals surface area contributed by atoms with Gasteiger partial charge in [0, 0.05) is 44.5 Å². The van der Waals surface area contributed by atoms with Crippen LogP contribution in [0.25, 0.3) is 22.3 Å². The number of carbonyl (C=O) groups excluding carboxylic acids is 1. The Labute approximate surface area is 351 Å². The van der Waals surface area contributed by atoms with Crippen molar-refractivity contribution in [2.24, 2.45) is 0 Å². The summed E-state index contributed by atoms with van der Waals surface area (Å²) in [6.07, 6.45) is 0.164. The average molecular weight is 815 g/mol. The molecule has 4 aromatic carbocycles. The number of rotatable bonds is 12. The highest BCUT2D eigenvalue weighted by Gasteiger charge is 2.36. The first kappa shape index (κ1) is 46.4. The number of aromatic hydroxyl groups is 3. The number of methoxy groups -OCH3 is 4. The van der Waals surface area contributed by atoms with E-state index < -0.39 is 33.4 Å². The molecule has 0 unspecified atom stereocenters. The monoisotopic (exact) mass is 814 g/mol. The van der Waals surface area contributed by atoms with Gasteiger partial charge in [-0.25, -0.2) is 4.79 Å². The first-order valence-electron chi connectivity index (χ1n) is 20.0. The Bertz CT molecular complexity index is 2180. The van der Waals surface area contributed by atoms with Crippen molar-refractivity contribution in [2.45, 2.75) is 130 Å². The molecule has 0 saturated heterocycles. The summed E-state index contributed by atoms with van der Waals surface area (Å²) < 4.78 is 34.8. The number of carbonyl (C=O) groups is 1. The zero-order valence-electron chi connectivity index (χ0n) is 38.2. The SMILES string of the molecule is COc1cc(-c2cc(OC)cc(C(C)(C)CCC(C)(C)c3cc(OC)cc(-c4cc(OC)cc(C(C)(C)C)c4O)c3OC(=O)OC(C)(C)C)c2O)c(O)c(C(C)(C)C)c1. The van der Waals surface area contributed by atoms with E-state index in [-0.39, 0.29) is 23.0 Å². The quantitative estimate of drug-likeness (QED) is 0.0937. The number of ether oxygens (including phenoxy) is 6. The van der Waals surface area contributed by atoms with Crippen molar-refractivity contribution in [1.82, 2.24) is 0 Å². The van der Waals surface area contributed by atoms with Crippen molar-refractivity contribution in [3.63, 3.8) is 0 Å². The lowest BCUT2D eigenvalue weighted by Gasteiger charge is -2.34. The molecule has 0 aliphatic heterocycles. The van der Waals surface area contributed by atoms with Crippen molar-refractivity contribution >= 4 is 6.16 Å². The lowest BCUT2D eigenvalue weighted by Crippen LogP contribution is -2.28. The van der Waals surface area contributed by atoms with Gasteiger partial charge in [0.2, 0.25) is 0 Å². The van der Waals surface area contributed by atoms with Crippen molar-refractivity contribution in [1.29, 1.82) is 0 Å². The Morgan fingerprint density at radius 3 is 1.12 bits per heavy atom. The van der Waals surface area contributed by atoms with Crippen LogP contribution in [-0.2, 0) is 26.4 Å². The van der Waals surface area contributed by atoms with Gasteiger partial charge in [-0.15, -0.1) is 0 Å². The van der Waals surface area contributed by atoms with Gasteiger partial charge in [-0.3, -0.25) is 0 Å². The van der Waals surface area contributed by atoms with Gasteiger partial charge < -0.3 is 43.7 Å². The maximum Gasteiger partial charge on any atom is 0.514 e. The molecule has 10 nitrogen and oxygen atoms in total. The molecule has 0 spiro atoms. The van der Waals surface area contributed by atoms with Gasteiger partial charge in [0.15, 0.2) is 0 Å². The van der Waals surface area contributed by atoms with Crippen LogP contribution in [0.5, 0.6) is 46.0 Å². The van der Waals surface area contributed by atoms with Crippen LogP contribution in [0.3, 0.4) is 0 Å². The first-order chi connectivity index (χ1) is 27.1. The minimum absolute atomic E-state index is 0.0118. The standard InChI is InChI=1S/C49H66O10/c1-45(2,3)36-24-28(54-14)20-32(40(36)50)33-21-30(56-16)26-38(42(33)52)48(10,11)18-19-49(12,13)39-27-31(57-17)23-35(43(39)58-44(53)59-47(7,8)9)34-22-29(55-15)25-37(41(34)51)46(4,5)6/h20-27,50-52H,18-19H2,1-17H3. The second-order valence-corrected chi connectivity index (χ2v) is 19.6. The molecule has 0 aliphatic rings. The summed E-state index contributed by atoms with van der Waals surface area (Å²) in [6, 6.07) is 14.2. The van der Waals surface area contributed by atoms with Gasteiger partial charge in [0.05, 0.1) is 28.4 Å². The van der Waals surface area contributed by atoms with Gasteiger partial charge in [0.25, 0.3) is 0 Å². The van der Waals surface area contributed by atoms with Crippen molar-refractivity contribution < 1.29 is 48.5 Å². The summed E-state index contributed by atoms with van der Waals surface area (Å²) in [5.41, 5.74) is 1.15. The van der Waals surface area contributed by atoms with E-state index in [0.717, 1.165) is 0 Å². The van der Waals surface area contributed by atoms with E-state index in [1.54, 1.807) is 79.5 Å². The third kappa shape index (κ3) is 10.3. The summed E-state index contributed by atoms with van der Waals surface area (Å²) in [6.45, 7) is 25.5. The smallest absolute Gasteiger partial charge is 0.507 e. The molecule has 0 amide bonds. The second-order valence-electron chi connectivity index (χ2n) is 19.6. The highest BCUT2D eigenvalue weighted by molar-refractivity contribution is 5.84. The molecule has 0 bridgehead atoms. The van der Waals surface area contributed by atoms with E-state index in [4.69, 9.17) is 28.4 Å². The van der Waals surface area contributed by atoms with E-state index in [9.17, 15) is 20.1 Å². The molecular formula is C49H66O10. The van der Waals surface area contributed by atoms with Gasteiger partial charge in [-0.1, -0.05) is 69.2 Å². The minimum atomic E-state index is -0.899. The molecular weight excluding hydrogens is 749 g/mol. The number of benzene rings is 4. The summed E-state index contributed by atoms with van der Waals surface area (Å²) >= 11 is 0. The summed E-state index contributed by atoms with van der Waals surface area (Å²) in [4.78, 5) is 13.5. The number of hydrogen-bond donors (Lipinski definition) is 3. The third-order valence-corrected chi connectivity index (χ3v) is 10.9. The molecule has 0 heterocycles. The largest absolute Gasteiger partial charge is 0.514 e. The fraction of sp³-hybridized carbons (Fsp3) is 0.490. The van der Waals surface area contributed by atoms with Gasteiger partial charge in [0.1, 0.15) is 51.6 Å². The van der Waals surface area contributed by atoms with Crippen molar-refractivity contribution in [2.75, 3.05) is 28.4 Å². The fourth-order valence-electron chi connectivity index (χ4n) is 7.23. The molecule has 0 aliphatic carbocycles. The maximum absolute atomic E-state index is 13.5. The van der Waals surface area contributed by atoms with Crippen LogP contribution in [0.2, 0.25) is 0 Å². The van der Waals surface area contributed by atoms with E-state index in [2.05, 4.69) is 13.8 Å². The van der Waals surface area contributed by atoms with Gasteiger partial charge in [-0.2, -0.15) is 0 Å². The predicted molar refractivity (Wildman–Crippen MR) is 235 cm³/mol. The average Bonchev–Trinajstić information content (AvgIpc) is 3.12. The normalized spacial score (nSPS) is 12.6. The predicted octanol–water partition coefficient (Wildman–Crippen LogP) is 12.1. The zero-order chi connectivity index (χ0) is 44.6. The van der Waals surface area contributed by atoms with Crippen LogP contribution in [0.4, 0.5) is 4.79 Å². The third-order valence-electron chi connectivity index (χ3n) is 10.9. The fourth-order valence-corrected chi connectivity index (χ4v) is 7.23. The molecule has 59 heavy (non-hydrogen) atoms. The Kier molecular flexibility index (Phi) is 13.2. The number of phenolic OH excluding ortho intramolecular Hbond substituents is 3. The minimum Gasteiger partial charge on any atom is -0.507 e. The Balaban J connectivity index is 1.92. The van der Waals surface area contributed by atoms with Crippen LogP contribution in [-0.4, -0.2) is 55.5 Å². The zero-order valence-corrected chi connectivity index (χ0v) is 38.2.